The predicted molar refractivity (Wildman–Crippen MR) is 66.6 cm³/mol. The smallest absolute Gasteiger partial charge is 0.404 e. The average molecular weight is 296 g/mol. The summed E-state index contributed by atoms with van der Waals surface area (Å²) in [5, 5.41) is 9.00. The first kappa shape index (κ1) is 16.5. The van der Waals surface area contributed by atoms with Crippen LogP contribution in [0.5, 0.6) is 0 Å². The molecule has 1 aliphatic heterocycles. The summed E-state index contributed by atoms with van der Waals surface area (Å²) >= 11 is 1.56. The Hall–Kier alpha value is -0.490. The lowest BCUT2D eigenvalue weighted by Crippen LogP contribution is -3.00. The van der Waals surface area contributed by atoms with E-state index < -0.39 is 0 Å². The van der Waals surface area contributed by atoms with Crippen LogP contribution >= 0.6 is 23.7 Å². The van der Waals surface area contributed by atoms with Crippen LogP contribution in [0.25, 0.3) is 0 Å². The van der Waals surface area contributed by atoms with E-state index in [2.05, 4.69) is 15.6 Å². The molecule has 2 heterocycles. The summed E-state index contributed by atoms with van der Waals surface area (Å²) in [7, 11) is 0. The molecular weight excluding hydrogens is 281 g/mol. The first-order valence-corrected chi connectivity index (χ1v) is 5.96. The first-order chi connectivity index (χ1) is 7.36. The van der Waals surface area contributed by atoms with E-state index in [0.717, 1.165) is 36.9 Å². The highest BCUT2D eigenvalue weighted by atomic mass is 35.5. The van der Waals surface area contributed by atoms with E-state index in [1.54, 1.807) is 17.5 Å². The number of halogens is 2. The predicted octanol–water partition coefficient (Wildman–Crippen LogP) is -1.86. The van der Waals surface area contributed by atoms with Gasteiger partial charge in [-0.25, -0.2) is 9.78 Å². The Labute approximate surface area is 117 Å². The molecule has 1 aromatic rings. The van der Waals surface area contributed by atoms with Gasteiger partial charge in [0.05, 0.1) is 6.54 Å². The monoisotopic (exact) mass is 295 g/mol. The van der Waals surface area contributed by atoms with Crippen molar-refractivity contribution in [3.05, 3.63) is 22.5 Å². The summed E-state index contributed by atoms with van der Waals surface area (Å²) in [4.78, 5) is 15.8. The van der Waals surface area contributed by atoms with Gasteiger partial charge >= 0.3 is 5.91 Å². The van der Waals surface area contributed by atoms with Gasteiger partial charge in [0.15, 0.2) is 5.92 Å². The number of aromatic nitrogens is 1. The SMILES string of the molecule is Cl.O=C(NCc1nccs1)[C+]1CCNCC1.[Cl-]. The number of thiazole rings is 1. The Balaban J connectivity index is 0.00000128. The second-order valence-electron chi connectivity index (χ2n) is 3.46. The zero-order valence-electron chi connectivity index (χ0n) is 9.24. The number of carbonyl (C=O) groups is 1. The maximum absolute atomic E-state index is 11.7. The number of nitrogens with zero attached hydrogens (tertiary/aromatic N) is 1. The number of amides is 1. The van der Waals surface area contributed by atoms with Crippen LogP contribution in [0.4, 0.5) is 0 Å². The number of nitrogens with one attached hydrogen (secondary N) is 2. The molecule has 0 radical (unpaired) electrons. The van der Waals surface area contributed by atoms with Crippen molar-refractivity contribution in [1.29, 1.82) is 0 Å². The molecule has 17 heavy (non-hydrogen) atoms. The molecule has 96 valence electrons. The number of piperidine rings is 1. The van der Waals surface area contributed by atoms with Crippen LogP contribution in [0.3, 0.4) is 0 Å². The molecule has 2 rings (SSSR count). The van der Waals surface area contributed by atoms with Crippen molar-refractivity contribution in [3.63, 3.8) is 0 Å². The fourth-order valence-corrected chi connectivity index (χ4v) is 2.13. The Kier molecular flexibility index (Phi) is 8.33. The molecular formula is C10H15Cl2N3OS. The zero-order valence-corrected chi connectivity index (χ0v) is 11.6. The van der Waals surface area contributed by atoms with Crippen LogP contribution < -0.4 is 23.0 Å². The fraction of sp³-hybridized carbons (Fsp3) is 0.500. The van der Waals surface area contributed by atoms with E-state index in [9.17, 15) is 4.79 Å². The van der Waals surface area contributed by atoms with Crippen LogP contribution in [-0.2, 0) is 11.3 Å². The maximum Gasteiger partial charge on any atom is 0.404 e. The molecule has 1 amide bonds. The zero-order chi connectivity index (χ0) is 10.5. The minimum absolute atomic E-state index is 0. The van der Waals surface area contributed by atoms with Gasteiger partial charge in [0.25, 0.3) is 0 Å². The number of hydrogen-bond donors (Lipinski definition) is 2. The standard InChI is InChI=1S/C10H13N3OS.2ClH/c14-10(8-1-3-11-4-2-8)13-7-9-12-5-6-15-9;;/h5-6,11H,1-4,7H2;2*1H. The van der Waals surface area contributed by atoms with Gasteiger partial charge in [0, 0.05) is 24.7 Å². The summed E-state index contributed by atoms with van der Waals surface area (Å²) in [5.41, 5.74) is 0. The number of hydrogen-bond acceptors (Lipinski definition) is 4. The summed E-state index contributed by atoms with van der Waals surface area (Å²) in [6.07, 6.45) is 3.48. The molecule has 0 aliphatic carbocycles. The fourth-order valence-electron chi connectivity index (χ4n) is 1.58. The third-order valence-corrected chi connectivity index (χ3v) is 3.19. The summed E-state index contributed by atoms with van der Waals surface area (Å²) in [6, 6.07) is 0. The Bertz CT molecular complexity index is 315. The summed E-state index contributed by atoms with van der Waals surface area (Å²) in [5.74, 6) is 1.09. The maximum atomic E-state index is 11.7. The number of carbonyl (C=O) groups excluding carboxylic acids is 1. The van der Waals surface area contributed by atoms with Gasteiger partial charge in [0.1, 0.15) is 17.8 Å². The third-order valence-electron chi connectivity index (χ3n) is 2.41. The van der Waals surface area contributed by atoms with Crippen LogP contribution in [0, 0.1) is 5.92 Å². The normalized spacial score (nSPS) is 14.5. The molecule has 1 saturated heterocycles. The molecule has 0 bridgehead atoms. The minimum atomic E-state index is 0. The second-order valence-corrected chi connectivity index (χ2v) is 4.44. The molecule has 7 heteroatoms. The van der Waals surface area contributed by atoms with Gasteiger partial charge < -0.3 is 23.0 Å². The van der Waals surface area contributed by atoms with Crippen molar-refractivity contribution in [2.75, 3.05) is 13.1 Å². The topological polar surface area (TPSA) is 54.0 Å². The molecule has 2 N–H and O–H groups in total. The lowest BCUT2D eigenvalue weighted by Gasteiger charge is -2.11. The van der Waals surface area contributed by atoms with Crippen molar-refractivity contribution in [1.82, 2.24) is 15.6 Å². The Morgan fingerprint density at radius 1 is 1.53 bits per heavy atom. The summed E-state index contributed by atoms with van der Waals surface area (Å²) < 4.78 is 0. The highest BCUT2D eigenvalue weighted by molar-refractivity contribution is 7.09. The van der Waals surface area contributed by atoms with Crippen molar-refractivity contribution in [2.24, 2.45) is 0 Å². The largest absolute Gasteiger partial charge is 1.00 e. The molecule has 1 aliphatic rings. The molecule has 1 aromatic heterocycles. The van der Waals surface area contributed by atoms with Crippen molar-refractivity contribution in [2.45, 2.75) is 19.4 Å². The van der Waals surface area contributed by atoms with Crippen LogP contribution in [0.15, 0.2) is 11.6 Å². The lowest BCUT2D eigenvalue weighted by atomic mass is 9.97. The van der Waals surface area contributed by atoms with Crippen LogP contribution in [0.1, 0.15) is 17.8 Å². The van der Waals surface area contributed by atoms with E-state index >= 15 is 0 Å². The van der Waals surface area contributed by atoms with E-state index in [0.29, 0.717) is 6.54 Å². The quantitative estimate of drug-likeness (QED) is 0.644. The van der Waals surface area contributed by atoms with Gasteiger partial charge in [-0.15, -0.1) is 23.7 Å². The van der Waals surface area contributed by atoms with E-state index in [4.69, 9.17) is 0 Å². The van der Waals surface area contributed by atoms with Gasteiger partial charge in [-0.05, 0) is 0 Å². The van der Waals surface area contributed by atoms with Crippen LogP contribution in [-0.4, -0.2) is 24.0 Å². The van der Waals surface area contributed by atoms with Crippen molar-refractivity contribution < 1.29 is 17.2 Å². The average Bonchev–Trinajstić information content (AvgIpc) is 2.80. The van der Waals surface area contributed by atoms with Gasteiger partial charge in [0.2, 0.25) is 0 Å². The second kappa shape index (κ2) is 8.58. The Morgan fingerprint density at radius 3 is 2.82 bits per heavy atom. The van der Waals surface area contributed by atoms with E-state index in [1.165, 1.54) is 0 Å². The highest BCUT2D eigenvalue weighted by Crippen LogP contribution is 2.14. The molecule has 1 fully saturated rings. The molecule has 0 aromatic carbocycles. The van der Waals surface area contributed by atoms with Gasteiger partial charge in [-0.3, -0.25) is 0 Å². The highest BCUT2D eigenvalue weighted by Gasteiger charge is 2.32. The van der Waals surface area contributed by atoms with E-state index in [-0.39, 0.29) is 30.7 Å². The molecule has 0 saturated carbocycles. The molecule has 0 atom stereocenters. The minimum Gasteiger partial charge on any atom is -1.00 e. The van der Waals surface area contributed by atoms with Crippen LogP contribution in [0.2, 0.25) is 0 Å². The van der Waals surface area contributed by atoms with Crippen molar-refractivity contribution in [3.8, 4) is 0 Å². The van der Waals surface area contributed by atoms with E-state index in [1.807, 2.05) is 5.38 Å². The summed E-state index contributed by atoms with van der Waals surface area (Å²) in [6.45, 7) is 2.38. The molecule has 4 nitrogen and oxygen atoms in total. The molecule has 0 spiro atoms. The molecule has 0 unspecified atom stereocenters. The van der Waals surface area contributed by atoms with Gasteiger partial charge in [-0.2, -0.15) is 0 Å². The first-order valence-electron chi connectivity index (χ1n) is 5.08. The lowest BCUT2D eigenvalue weighted by molar-refractivity contribution is -0.120. The third kappa shape index (κ3) is 5.12. The number of rotatable bonds is 3. The van der Waals surface area contributed by atoms with Crippen molar-refractivity contribution >= 4 is 29.7 Å². The van der Waals surface area contributed by atoms with Gasteiger partial charge in [-0.1, -0.05) is 0 Å². The Morgan fingerprint density at radius 2 is 2.24 bits per heavy atom.